The van der Waals surface area contributed by atoms with Crippen molar-refractivity contribution in [3.63, 3.8) is 0 Å². The number of fused-ring (bicyclic) bond motifs is 2. The van der Waals surface area contributed by atoms with Gasteiger partial charge in [0.25, 0.3) is 0 Å². The van der Waals surface area contributed by atoms with Crippen molar-refractivity contribution in [3.05, 3.63) is 41.9 Å². The minimum absolute atomic E-state index is 0.332. The molecule has 0 spiro atoms. The van der Waals surface area contributed by atoms with Gasteiger partial charge in [-0.2, -0.15) is 0 Å². The van der Waals surface area contributed by atoms with Crippen LogP contribution in [0.3, 0.4) is 0 Å². The fraction of sp³-hybridized carbons (Fsp3) is 0.316. The van der Waals surface area contributed by atoms with E-state index in [1.807, 2.05) is 0 Å². The summed E-state index contributed by atoms with van der Waals surface area (Å²) in [5.74, 6) is 0.760. The van der Waals surface area contributed by atoms with Gasteiger partial charge in [-0.3, -0.25) is 4.98 Å². The number of hydrogen-bond donors (Lipinski definition) is 2. The highest BCUT2D eigenvalue weighted by atomic mass is 14.9. The summed E-state index contributed by atoms with van der Waals surface area (Å²) >= 11 is 0. The van der Waals surface area contributed by atoms with Gasteiger partial charge in [0.2, 0.25) is 0 Å². The number of rotatable bonds is 3. The van der Waals surface area contributed by atoms with Crippen molar-refractivity contribution in [1.29, 1.82) is 0 Å². The quantitative estimate of drug-likeness (QED) is 0.572. The van der Waals surface area contributed by atoms with Gasteiger partial charge in [0.05, 0.1) is 22.4 Å². The van der Waals surface area contributed by atoms with Gasteiger partial charge in [0.1, 0.15) is 5.52 Å². The van der Waals surface area contributed by atoms with Crippen LogP contribution in [-0.2, 0) is 0 Å². The summed E-state index contributed by atoms with van der Waals surface area (Å²) in [4.78, 5) is 20.6. The maximum atomic E-state index is 4.95. The van der Waals surface area contributed by atoms with Gasteiger partial charge < -0.3 is 9.97 Å². The second-order valence-electron chi connectivity index (χ2n) is 6.81. The van der Waals surface area contributed by atoms with E-state index < -0.39 is 0 Å². The van der Waals surface area contributed by atoms with Gasteiger partial charge in [0.15, 0.2) is 5.65 Å². The fourth-order valence-electron chi connectivity index (χ4n) is 3.29. The Kier molecular flexibility index (Phi) is 3.37. The second kappa shape index (κ2) is 5.44. The maximum absolute atomic E-state index is 4.95. The lowest BCUT2D eigenvalue weighted by Gasteiger charge is -2.08. The Morgan fingerprint density at radius 1 is 0.917 bits per heavy atom. The third kappa shape index (κ3) is 2.19. The van der Waals surface area contributed by atoms with Gasteiger partial charge in [0, 0.05) is 24.2 Å². The Hall–Kier alpha value is -2.69. The first kappa shape index (κ1) is 14.9. The summed E-state index contributed by atoms with van der Waals surface area (Å²) in [6.07, 6.45) is 5.52. The Balaban J connectivity index is 1.99. The third-order valence-electron chi connectivity index (χ3n) is 4.47. The molecule has 2 N–H and O–H groups in total. The van der Waals surface area contributed by atoms with Crippen LogP contribution in [0.15, 0.2) is 30.7 Å². The number of nitrogens with zero attached hydrogens (tertiary/aromatic N) is 3. The smallest absolute Gasteiger partial charge is 0.156 e. The predicted octanol–water partition coefficient (Wildman–Crippen LogP) is 4.75. The van der Waals surface area contributed by atoms with Gasteiger partial charge in [-0.25, -0.2) is 9.97 Å². The second-order valence-corrected chi connectivity index (χ2v) is 6.81. The van der Waals surface area contributed by atoms with E-state index in [0.29, 0.717) is 11.8 Å². The molecule has 0 saturated heterocycles. The van der Waals surface area contributed by atoms with Crippen molar-refractivity contribution in [2.75, 3.05) is 0 Å². The zero-order chi connectivity index (χ0) is 16.8. The Morgan fingerprint density at radius 3 is 2.46 bits per heavy atom. The monoisotopic (exact) mass is 319 g/mol. The van der Waals surface area contributed by atoms with Gasteiger partial charge in [-0.05, 0) is 29.5 Å². The molecule has 0 bridgehead atoms. The van der Waals surface area contributed by atoms with Crippen LogP contribution in [0.25, 0.3) is 33.6 Å². The molecule has 0 amide bonds. The van der Waals surface area contributed by atoms with Crippen LogP contribution >= 0.6 is 0 Å². The third-order valence-corrected chi connectivity index (χ3v) is 4.47. The lowest BCUT2D eigenvalue weighted by atomic mass is 10.0. The van der Waals surface area contributed by atoms with Crippen LogP contribution in [0.1, 0.15) is 50.7 Å². The van der Waals surface area contributed by atoms with Crippen LogP contribution in [0.2, 0.25) is 0 Å². The normalized spacial score (nSPS) is 12.1. The zero-order valence-electron chi connectivity index (χ0n) is 14.4. The number of nitrogens with one attached hydrogen (secondary N) is 2. The van der Waals surface area contributed by atoms with E-state index in [1.165, 1.54) is 11.1 Å². The molecule has 4 rings (SSSR count). The summed E-state index contributed by atoms with van der Waals surface area (Å²) in [5.41, 5.74) is 8.23. The average Bonchev–Trinajstić information content (AvgIpc) is 3.15. The highest BCUT2D eigenvalue weighted by Gasteiger charge is 2.19. The number of pyridine rings is 1. The Labute approximate surface area is 140 Å². The number of hydrogen-bond acceptors (Lipinski definition) is 3. The molecule has 122 valence electrons. The molecule has 4 aromatic heterocycles. The summed E-state index contributed by atoms with van der Waals surface area (Å²) in [5, 5.41) is 0. The van der Waals surface area contributed by atoms with Crippen LogP contribution in [0.5, 0.6) is 0 Å². The molecule has 0 fully saturated rings. The summed E-state index contributed by atoms with van der Waals surface area (Å²) in [6.45, 7) is 8.73. The highest BCUT2D eigenvalue weighted by Crippen LogP contribution is 2.34. The van der Waals surface area contributed by atoms with E-state index in [4.69, 9.17) is 4.98 Å². The Bertz CT molecular complexity index is 1020. The van der Waals surface area contributed by atoms with E-state index >= 15 is 0 Å². The molecule has 0 aliphatic heterocycles. The molecule has 5 nitrogen and oxygen atoms in total. The topological polar surface area (TPSA) is 70.2 Å². The summed E-state index contributed by atoms with van der Waals surface area (Å²) < 4.78 is 0. The predicted molar refractivity (Wildman–Crippen MR) is 97.2 cm³/mol. The van der Waals surface area contributed by atoms with E-state index in [1.54, 1.807) is 12.4 Å². The molecule has 0 aromatic carbocycles. The van der Waals surface area contributed by atoms with E-state index in [-0.39, 0.29) is 0 Å². The first-order valence-electron chi connectivity index (χ1n) is 8.37. The van der Waals surface area contributed by atoms with E-state index in [0.717, 1.165) is 33.6 Å². The standard InChI is InChI=1S/C19H21N5/c1-10(2)12-9-22-13-5-6-14(23-16(12)13)17-15(11(3)4)18-19(24-17)21-8-7-20-18/h5-11,22H,1-4H3,(H,21,24). The SMILES string of the molecule is CC(C)c1c[nH]c2ccc(-c3[nH]c4nccnc4c3C(C)C)nc12. The average molecular weight is 319 g/mol. The van der Waals surface area contributed by atoms with Crippen molar-refractivity contribution in [2.24, 2.45) is 0 Å². The van der Waals surface area contributed by atoms with Crippen molar-refractivity contribution < 1.29 is 0 Å². The van der Waals surface area contributed by atoms with E-state index in [2.05, 4.69) is 66.0 Å². The maximum Gasteiger partial charge on any atom is 0.156 e. The molecule has 4 aromatic rings. The summed E-state index contributed by atoms with van der Waals surface area (Å²) in [7, 11) is 0. The number of aromatic amines is 2. The number of H-pyrrole nitrogens is 2. The van der Waals surface area contributed by atoms with Crippen LogP contribution < -0.4 is 0 Å². The Morgan fingerprint density at radius 2 is 1.71 bits per heavy atom. The van der Waals surface area contributed by atoms with Crippen LogP contribution in [0.4, 0.5) is 0 Å². The van der Waals surface area contributed by atoms with Crippen LogP contribution in [0, 0.1) is 0 Å². The largest absolute Gasteiger partial charge is 0.360 e. The number of aromatic nitrogens is 5. The van der Waals surface area contributed by atoms with Crippen molar-refractivity contribution >= 4 is 22.2 Å². The molecule has 24 heavy (non-hydrogen) atoms. The fourth-order valence-corrected chi connectivity index (χ4v) is 3.29. The molecule has 5 heteroatoms. The molecular weight excluding hydrogens is 298 g/mol. The lowest BCUT2D eigenvalue weighted by Crippen LogP contribution is -1.94. The van der Waals surface area contributed by atoms with E-state index in [9.17, 15) is 0 Å². The van der Waals surface area contributed by atoms with Crippen LogP contribution in [-0.4, -0.2) is 24.9 Å². The summed E-state index contributed by atoms with van der Waals surface area (Å²) in [6, 6.07) is 4.15. The molecule has 4 heterocycles. The lowest BCUT2D eigenvalue weighted by molar-refractivity contribution is 0.870. The molecule has 0 saturated carbocycles. The molecule has 0 unspecified atom stereocenters. The molecule has 0 atom stereocenters. The minimum atomic E-state index is 0.332. The molecular formula is C19H21N5. The van der Waals surface area contributed by atoms with Gasteiger partial charge >= 0.3 is 0 Å². The van der Waals surface area contributed by atoms with Crippen molar-refractivity contribution in [1.82, 2.24) is 24.9 Å². The first-order chi connectivity index (χ1) is 11.6. The molecule has 0 radical (unpaired) electrons. The van der Waals surface area contributed by atoms with Gasteiger partial charge in [-0.15, -0.1) is 0 Å². The first-order valence-corrected chi connectivity index (χ1v) is 8.37. The molecule has 0 aliphatic carbocycles. The highest BCUT2D eigenvalue weighted by molar-refractivity contribution is 5.87. The minimum Gasteiger partial charge on any atom is -0.360 e. The zero-order valence-corrected chi connectivity index (χ0v) is 14.4. The van der Waals surface area contributed by atoms with Gasteiger partial charge in [-0.1, -0.05) is 27.7 Å². The van der Waals surface area contributed by atoms with Crippen molar-refractivity contribution in [3.8, 4) is 11.4 Å². The molecule has 0 aliphatic rings. The van der Waals surface area contributed by atoms with Crippen molar-refractivity contribution in [2.45, 2.75) is 39.5 Å².